The Labute approximate surface area is 195 Å². The Kier molecular flexibility index (Phi) is 9.42. The first kappa shape index (κ1) is 23.7. The summed E-state index contributed by atoms with van der Waals surface area (Å²) in [5.41, 5.74) is 1.69. The van der Waals surface area contributed by atoms with E-state index in [-0.39, 0.29) is 36.4 Å². The molecule has 1 aliphatic rings. The number of halogens is 1. The zero-order valence-corrected chi connectivity index (χ0v) is 20.3. The molecule has 1 aromatic carbocycles. The Hall–Kier alpha value is -1.61. The van der Waals surface area contributed by atoms with Crippen LogP contribution in [0.5, 0.6) is 0 Å². The normalized spacial score (nSPS) is 14.6. The molecule has 1 heterocycles. The average Bonchev–Trinajstić information content (AvgIpc) is 3.25. The van der Waals surface area contributed by atoms with Crippen molar-refractivity contribution in [3.63, 3.8) is 0 Å². The van der Waals surface area contributed by atoms with E-state index in [4.69, 9.17) is 0 Å². The Morgan fingerprint density at radius 2 is 1.90 bits per heavy atom. The molecule has 1 fully saturated rings. The number of nitrogens with one attached hydrogen (secondary N) is 2. The van der Waals surface area contributed by atoms with Gasteiger partial charge in [0.05, 0.1) is 0 Å². The maximum atomic E-state index is 11.9. The molecule has 5 nitrogen and oxygen atoms in total. The van der Waals surface area contributed by atoms with Gasteiger partial charge in [-0.1, -0.05) is 36.4 Å². The molecular weight excluding hydrogens is 495 g/mol. The van der Waals surface area contributed by atoms with Crippen LogP contribution in [0.2, 0.25) is 0 Å². The molecule has 0 unspecified atom stereocenters. The maximum absolute atomic E-state index is 11.9. The van der Waals surface area contributed by atoms with Gasteiger partial charge in [0.2, 0.25) is 5.91 Å². The lowest BCUT2D eigenvalue weighted by molar-refractivity contribution is -0.127. The van der Waals surface area contributed by atoms with Crippen LogP contribution in [0.3, 0.4) is 0 Å². The molecule has 1 amide bonds. The summed E-state index contributed by atoms with van der Waals surface area (Å²) in [6.07, 6.45) is 4.50. The van der Waals surface area contributed by atoms with E-state index in [2.05, 4.69) is 63.5 Å². The standard InChI is InChI=1S/C22H30N4OS.HI/c1-26(2)20(27)16-24-21(23-13-10-19-9-6-14-28-19)25-17-22(11-12-22)15-18-7-4-3-5-8-18;/h3-9,14H,10-13,15-17H2,1-2H3,(H2,23,24,25);1H. The van der Waals surface area contributed by atoms with Crippen molar-refractivity contribution in [2.24, 2.45) is 10.4 Å². The van der Waals surface area contributed by atoms with Gasteiger partial charge >= 0.3 is 0 Å². The second-order valence-electron chi connectivity index (χ2n) is 7.73. The quantitative estimate of drug-likeness (QED) is 0.299. The first-order chi connectivity index (χ1) is 13.6. The van der Waals surface area contributed by atoms with Crippen LogP contribution >= 0.6 is 35.3 Å². The minimum absolute atomic E-state index is 0. The Bertz CT molecular complexity index is 773. The van der Waals surface area contributed by atoms with Gasteiger partial charge in [0.1, 0.15) is 6.54 Å². The number of rotatable bonds is 9. The van der Waals surface area contributed by atoms with Gasteiger partial charge in [-0.25, -0.2) is 4.99 Å². The lowest BCUT2D eigenvalue weighted by Crippen LogP contribution is -2.42. The van der Waals surface area contributed by atoms with Gasteiger partial charge < -0.3 is 15.5 Å². The summed E-state index contributed by atoms with van der Waals surface area (Å²) in [6.45, 7) is 1.84. The number of guanidine groups is 1. The average molecular weight is 526 g/mol. The minimum atomic E-state index is 0. The molecule has 0 radical (unpaired) electrons. The number of aliphatic imine (C=N–C) groups is 1. The number of amides is 1. The lowest BCUT2D eigenvalue weighted by Gasteiger charge is -2.19. The highest BCUT2D eigenvalue weighted by molar-refractivity contribution is 14.0. The van der Waals surface area contributed by atoms with Crippen LogP contribution in [0.4, 0.5) is 0 Å². The van der Waals surface area contributed by atoms with Gasteiger partial charge in [0, 0.05) is 32.1 Å². The SMILES string of the molecule is CN(C)C(=O)CN=C(NCCc1cccs1)NCC1(Cc2ccccc2)CC1.I. The van der Waals surface area contributed by atoms with Crippen molar-refractivity contribution in [3.8, 4) is 0 Å². The van der Waals surface area contributed by atoms with E-state index in [1.54, 1.807) is 30.3 Å². The van der Waals surface area contributed by atoms with Gasteiger partial charge in [-0.2, -0.15) is 0 Å². The number of thiophene rings is 1. The second-order valence-corrected chi connectivity index (χ2v) is 8.76. The van der Waals surface area contributed by atoms with Gasteiger partial charge in [0.15, 0.2) is 5.96 Å². The van der Waals surface area contributed by atoms with Crippen molar-refractivity contribution in [2.45, 2.75) is 25.7 Å². The third kappa shape index (κ3) is 7.97. The number of nitrogens with zero attached hydrogens (tertiary/aromatic N) is 2. The molecule has 29 heavy (non-hydrogen) atoms. The molecule has 2 N–H and O–H groups in total. The van der Waals surface area contributed by atoms with E-state index >= 15 is 0 Å². The van der Waals surface area contributed by atoms with Crippen molar-refractivity contribution in [3.05, 3.63) is 58.3 Å². The number of likely N-dealkylation sites (N-methyl/N-ethyl adjacent to an activating group) is 1. The van der Waals surface area contributed by atoms with Crippen molar-refractivity contribution < 1.29 is 4.79 Å². The fourth-order valence-corrected chi connectivity index (χ4v) is 3.82. The maximum Gasteiger partial charge on any atom is 0.243 e. The van der Waals surface area contributed by atoms with Crippen molar-refractivity contribution >= 4 is 47.2 Å². The van der Waals surface area contributed by atoms with Crippen LogP contribution in [0.15, 0.2) is 52.8 Å². The van der Waals surface area contributed by atoms with E-state index in [1.165, 1.54) is 23.3 Å². The van der Waals surface area contributed by atoms with Crippen LogP contribution in [-0.4, -0.2) is 50.5 Å². The topological polar surface area (TPSA) is 56.7 Å². The largest absolute Gasteiger partial charge is 0.356 e. The molecule has 1 saturated carbocycles. The molecule has 0 bridgehead atoms. The highest BCUT2D eigenvalue weighted by Gasteiger charge is 2.42. The first-order valence-corrected chi connectivity index (χ1v) is 10.7. The third-order valence-corrected chi connectivity index (χ3v) is 6.06. The summed E-state index contributed by atoms with van der Waals surface area (Å²) in [7, 11) is 3.52. The molecule has 0 saturated heterocycles. The minimum Gasteiger partial charge on any atom is -0.356 e. The molecule has 0 aliphatic heterocycles. The van der Waals surface area contributed by atoms with Gasteiger partial charge in [-0.15, -0.1) is 35.3 Å². The molecule has 7 heteroatoms. The Morgan fingerprint density at radius 3 is 2.52 bits per heavy atom. The predicted molar refractivity (Wildman–Crippen MR) is 132 cm³/mol. The summed E-state index contributed by atoms with van der Waals surface area (Å²) in [5.74, 6) is 0.732. The number of carbonyl (C=O) groups excluding carboxylic acids is 1. The molecule has 0 atom stereocenters. The Balaban J connectivity index is 0.00000300. The monoisotopic (exact) mass is 526 g/mol. The molecule has 2 aromatic rings. The van der Waals surface area contributed by atoms with Gasteiger partial charge in [-0.3, -0.25) is 4.79 Å². The molecule has 0 spiro atoms. The first-order valence-electron chi connectivity index (χ1n) is 9.85. The number of carbonyl (C=O) groups is 1. The third-order valence-electron chi connectivity index (χ3n) is 5.13. The molecule has 1 aromatic heterocycles. The molecule has 1 aliphatic carbocycles. The lowest BCUT2D eigenvalue weighted by atomic mass is 9.96. The van der Waals surface area contributed by atoms with Crippen LogP contribution in [-0.2, 0) is 17.6 Å². The fourth-order valence-electron chi connectivity index (χ4n) is 3.11. The summed E-state index contributed by atoms with van der Waals surface area (Å²) >= 11 is 1.76. The zero-order chi connectivity index (χ0) is 19.8. The van der Waals surface area contributed by atoms with Crippen LogP contribution in [0.1, 0.15) is 23.3 Å². The number of hydrogen-bond acceptors (Lipinski definition) is 3. The number of hydrogen-bond donors (Lipinski definition) is 2. The summed E-state index contributed by atoms with van der Waals surface area (Å²) in [4.78, 5) is 19.4. The zero-order valence-electron chi connectivity index (χ0n) is 17.2. The van der Waals surface area contributed by atoms with E-state index in [0.29, 0.717) is 5.41 Å². The van der Waals surface area contributed by atoms with E-state index in [1.807, 2.05) is 0 Å². The fraction of sp³-hybridized carbons (Fsp3) is 0.455. The summed E-state index contributed by atoms with van der Waals surface area (Å²) < 4.78 is 0. The van der Waals surface area contributed by atoms with E-state index < -0.39 is 0 Å². The van der Waals surface area contributed by atoms with E-state index in [0.717, 1.165) is 31.9 Å². The van der Waals surface area contributed by atoms with Crippen molar-refractivity contribution in [1.82, 2.24) is 15.5 Å². The van der Waals surface area contributed by atoms with E-state index in [9.17, 15) is 4.79 Å². The van der Waals surface area contributed by atoms with Crippen molar-refractivity contribution in [1.29, 1.82) is 0 Å². The van der Waals surface area contributed by atoms with Crippen LogP contribution in [0.25, 0.3) is 0 Å². The highest BCUT2D eigenvalue weighted by Crippen LogP contribution is 2.47. The molecular formula is C22H31IN4OS. The smallest absolute Gasteiger partial charge is 0.243 e. The molecule has 158 valence electrons. The summed E-state index contributed by atoms with van der Waals surface area (Å²) in [6, 6.07) is 14.9. The highest BCUT2D eigenvalue weighted by atomic mass is 127. The van der Waals surface area contributed by atoms with Gasteiger partial charge in [-0.05, 0) is 48.1 Å². The molecule has 3 rings (SSSR count). The van der Waals surface area contributed by atoms with Gasteiger partial charge in [0.25, 0.3) is 0 Å². The van der Waals surface area contributed by atoms with Crippen LogP contribution in [0, 0.1) is 5.41 Å². The predicted octanol–water partition coefficient (Wildman–Crippen LogP) is 3.55. The van der Waals surface area contributed by atoms with Crippen LogP contribution < -0.4 is 10.6 Å². The Morgan fingerprint density at radius 1 is 1.14 bits per heavy atom. The second kappa shape index (κ2) is 11.5. The summed E-state index contributed by atoms with van der Waals surface area (Å²) in [5, 5.41) is 8.98. The van der Waals surface area contributed by atoms with Crippen molar-refractivity contribution in [2.75, 3.05) is 33.7 Å². The number of benzene rings is 1.